The smallest absolute Gasteiger partial charge is 0.343 e. The number of carbonyl (C=O) groups is 1. The van der Waals surface area contributed by atoms with Gasteiger partial charge in [-0.25, -0.2) is 9.78 Å². The van der Waals surface area contributed by atoms with E-state index in [2.05, 4.69) is 10.3 Å². The van der Waals surface area contributed by atoms with Crippen LogP contribution in [0, 0.1) is 0 Å². The summed E-state index contributed by atoms with van der Waals surface area (Å²) in [5.74, 6) is -0.913. The number of carboxylic acids is 1. The fourth-order valence-electron chi connectivity index (χ4n) is 2.58. The van der Waals surface area contributed by atoms with Crippen LogP contribution < -0.4 is 10.7 Å². The molecule has 0 fully saturated rings. The molecule has 0 aliphatic heterocycles. The number of para-hydroxylation sites is 1. The Bertz CT molecular complexity index is 916. The Labute approximate surface area is 136 Å². The number of rotatable bonds is 5. The fraction of sp³-hybridized carbons (Fsp3) is 0.188. The Morgan fingerprint density at radius 3 is 2.83 bits per heavy atom. The Hall–Kier alpha value is -2.67. The van der Waals surface area contributed by atoms with Crippen molar-refractivity contribution in [3.8, 4) is 0 Å². The van der Waals surface area contributed by atoms with Gasteiger partial charge in [-0.2, -0.15) is 0 Å². The van der Waals surface area contributed by atoms with Crippen LogP contribution in [-0.2, 0) is 6.54 Å². The maximum Gasteiger partial charge on any atom is 0.343 e. The van der Waals surface area contributed by atoms with Crippen molar-refractivity contribution in [2.45, 2.75) is 13.5 Å². The minimum absolute atomic E-state index is 0.234. The van der Waals surface area contributed by atoms with E-state index in [0.29, 0.717) is 29.8 Å². The highest BCUT2D eigenvalue weighted by Crippen LogP contribution is 2.23. The first-order valence-electron chi connectivity index (χ1n) is 7.14. The van der Waals surface area contributed by atoms with Gasteiger partial charge in [-0.3, -0.25) is 4.79 Å². The average molecular weight is 329 g/mol. The summed E-state index contributed by atoms with van der Waals surface area (Å²) in [5, 5.41) is 15.6. The van der Waals surface area contributed by atoms with Gasteiger partial charge < -0.3 is 15.0 Å². The highest BCUT2D eigenvalue weighted by molar-refractivity contribution is 7.09. The fourth-order valence-corrected chi connectivity index (χ4v) is 3.18. The summed E-state index contributed by atoms with van der Waals surface area (Å²) >= 11 is 1.49. The van der Waals surface area contributed by atoms with Crippen LogP contribution in [0.2, 0.25) is 0 Å². The van der Waals surface area contributed by atoms with E-state index in [4.69, 9.17) is 0 Å². The summed E-state index contributed by atoms with van der Waals surface area (Å²) in [6.45, 7) is 2.77. The zero-order valence-corrected chi connectivity index (χ0v) is 13.3. The first kappa shape index (κ1) is 15.2. The minimum atomic E-state index is -1.23. The number of nitrogens with zero attached hydrogens (tertiary/aromatic N) is 2. The molecule has 3 rings (SSSR count). The van der Waals surface area contributed by atoms with E-state index in [1.807, 2.05) is 29.0 Å². The number of thiazole rings is 1. The van der Waals surface area contributed by atoms with Crippen LogP contribution in [0.3, 0.4) is 0 Å². The van der Waals surface area contributed by atoms with Crippen molar-refractivity contribution in [3.05, 3.63) is 56.6 Å². The standard InChI is InChI=1S/C16H15N3O3S/c1-2-17-15-13(16(21)22)14(20)10-5-3-4-6-11(10)19(15)9-12-18-7-8-23-12/h3-8,17H,2,9H2,1H3,(H,21,22). The molecule has 23 heavy (non-hydrogen) atoms. The number of hydrogen-bond donors (Lipinski definition) is 2. The predicted molar refractivity (Wildman–Crippen MR) is 90.5 cm³/mol. The summed E-state index contributed by atoms with van der Waals surface area (Å²) in [6, 6.07) is 7.03. The second-order valence-electron chi connectivity index (χ2n) is 4.92. The number of aromatic carboxylic acids is 1. The molecule has 0 saturated heterocycles. The lowest BCUT2D eigenvalue weighted by Gasteiger charge is -2.19. The normalized spacial score (nSPS) is 10.8. The number of fused-ring (bicyclic) bond motifs is 1. The molecule has 0 saturated carbocycles. The first-order valence-corrected chi connectivity index (χ1v) is 8.02. The van der Waals surface area contributed by atoms with Gasteiger partial charge in [0.2, 0.25) is 5.43 Å². The number of anilines is 1. The molecule has 0 bridgehead atoms. The molecular formula is C16H15N3O3S. The molecular weight excluding hydrogens is 314 g/mol. The number of pyridine rings is 1. The van der Waals surface area contributed by atoms with Crippen molar-refractivity contribution in [1.82, 2.24) is 9.55 Å². The van der Waals surface area contributed by atoms with Crippen LogP contribution in [0.15, 0.2) is 40.6 Å². The topological polar surface area (TPSA) is 84.2 Å². The monoisotopic (exact) mass is 329 g/mol. The lowest BCUT2D eigenvalue weighted by molar-refractivity contribution is 0.0696. The molecule has 2 N–H and O–H groups in total. The Balaban J connectivity index is 2.37. The van der Waals surface area contributed by atoms with Gasteiger partial charge in [0, 0.05) is 23.5 Å². The summed E-state index contributed by atoms with van der Waals surface area (Å²) in [5.41, 5.74) is -0.0183. The third-order valence-electron chi connectivity index (χ3n) is 3.51. The van der Waals surface area contributed by atoms with Crippen molar-refractivity contribution < 1.29 is 9.90 Å². The van der Waals surface area contributed by atoms with Crippen molar-refractivity contribution in [2.75, 3.05) is 11.9 Å². The molecule has 0 atom stereocenters. The van der Waals surface area contributed by atoms with Crippen LogP contribution >= 0.6 is 11.3 Å². The van der Waals surface area contributed by atoms with E-state index in [-0.39, 0.29) is 5.56 Å². The molecule has 0 amide bonds. The molecule has 2 aromatic heterocycles. The zero-order valence-electron chi connectivity index (χ0n) is 12.4. The van der Waals surface area contributed by atoms with Crippen molar-refractivity contribution in [3.63, 3.8) is 0 Å². The van der Waals surface area contributed by atoms with Crippen LogP contribution in [0.25, 0.3) is 10.9 Å². The molecule has 0 spiro atoms. The number of aromatic nitrogens is 2. The SMILES string of the molecule is CCNc1c(C(=O)O)c(=O)c2ccccc2n1Cc1nccs1. The van der Waals surface area contributed by atoms with Gasteiger partial charge in [-0.1, -0.05) is 12.1 Å². The van der Waals surface area contributed by atoms with Crippen LogP contribution in [0.5, 0.6) is 0 Å². The summed E-state index contributed by atoms with van der Waals surface area (Å²) in [6.07, 6.45) is 1.70. The van der Waals surface area contributed by atoms with Gasteiger partial charge in [-0.05, 0) is 19.1 Å². The molecule has 0 radical (unpaired) electrons. The quantitative estimate of drug-likeness (QED) is 0.752. The van der Waals surface area contributed by atoms with Gasteiger partial charge in [0.25, 0.3) is 0 Å². The predicted octanol–water partition coefficient (Wildman–Crippen LogP) is 2.64. The number of carboxylic acid groups (broad SMARTS) is 1. The molecule has 6 nitrogen and oxygen atoms in total. The Morgan fingerprint density at radius 2 is 2.17 bits per heavy atom. The Morgan fingerprint density at radius 1 is 1.39 bits per heavy atom. The molecule has 7 heteroatoms. The zero-order chi connectivity index (χ0) is 16.4. The highest BCUT2D eigenvalue weighted by atomic mass is 32.1. The van der Waals surface area contributed by atoms with E-state index in [1.165, 1.54) is 11.3 Å². The van der Waals surface area contributed by atoms with E-state index < -0.39 is 11.4 Å². The molecule has 0 aliphatic rings. The maximum atomic E-state index is 12.6. The van der Waals surface area contributed by atoms with Crippen LogP contribution in [0.1, 0.15) is 22.3 Å². The molecule has 0 aliphatic carbocycles. The largest absolute Gasteiger partial charge is 0.477 e. The van der Waals surface area contributed by atoms with E-state index in [0.717, 1.165) is 5.01 Å². The summed E-state index contributed by atoms with van der Waals surface area (Å²) in [7, 11) is 0. The van der Waals surface area contributed by atoms with Crippen molar-refractivity contribution in [2.24, 2.45) is 0 Å². The molecule has 0 unspecified atom stereocenters. The molecule has 3 aromatic rings. The number of hydrogen-bond acceptors (Lipinski definition) is 5. The number of benzene rings is 1. The van der Waals surface area contributed by atoms with Gasteiger partial charge in [0.05, 0.1) is 12.1 Å². The lowest BCUT2D eigenvalue weighted by Crippen LogP contribution is -2.24. The third kappa shape index (κ3) is 2.70. The van der Waals surface area contributed by atoms with Crippen LogP contribution in [0.4, 0.5) is 5.82 Å². The van der Waals surface area contributed by atoms with Crippen molar-refractivity contribution in [1.29, 1.82) is 0 Å². The molecule has 2 heterocycles. The highest BCUT2D eigenvalue weighted by Gasteiger charge is 2.22. The minimum Gasteiger partial charge on any atom is -0.477 e. The summed E-state index contributed by atoms with van der Waals surface area (Å²) in [4.78, 5) is 28.5. The van der Waals surface area contributed by atoms with E-state index >= 15 is 0 Å². The second kappa shape index (κ2) is 6.21. The average Bonchev–Trinajstić information content (AvgIpc) is 3.04. The van der Waals surface area contributed by atoms with E-state index in [1.54, 1.807) is 18.3 Å². The van der Waals surface area contributed by atoms with E-state index in [9.17, 15) is 14.7 Å². The number of nitrogens with one attached hydrogen (secondary N) is 1. The Kier molecular flexibility index (Phi) is 4.12. The maximum absolute atomic E-state index is 12.6. The first-order chi connectivity index (χ1) is 11.1. The summed E-state index contributed by atoms with van der Waals surface area (Å²) < 4.78 is 1.81. The van der Waals surface area contributed by atoms with Crippen molar-refractivity contribution >= 4 is 34.0 Å². The van der Waals surface area contributed by atoms with Gasteiger partial charge >= 0.3 is 5.97 Å². The van der Waals surface area contributed by atoms with Crippen LogP contribution in [-0.4, -0.2) is 27.2 Å². The third-order valence-corrected chi connectivity index (χ3v) is 4.27. The lowest BCUT2D eigenvalue weighted by atomic mass is 10.1. The molecule has 1 aromatic carbocycles. The second-order valence-corrected chi connectivity index (χ2v) is 5.90. The van der Waals surface area contributed by atoms with Gasteiger partial charge in [-0.15, -0.1) is 11.3 Å². The molecule has 118 valence electrons. The van der Waals surface area contributed by atoms with Gasteiger partial charge in [0.15, 0.2) is 0 Å². The van der Waals surface area contributed by atoms with Gasteiger partial charge in [0.1, 0.15) is 16.4 Å².